The molecular weight excluding hydrogens is 350 g/mol. The normalized spacial score (nSPS) is 14.9. The van der Waals surface area contributed by atoms with Crippen molar-refractivity contribution >= 4 is 11.7 Å². The average molecular weight is 382 g/mol. The summed E-state index contributed by atoms with van der Waals surface area (Å²) in [5, 5.41) is 3.00. The molecule has 150 valence electrons. The molecular formula is C23H31N3O2. The highest BCUT2D eigenvalue weighted by molar-refractivity contribution is 5.90. The van der Waals surface area contributed by atoms with Gasteiger partial charge in [-0.05, 0) is 42.5 Å². The van der Waals surface area contributed by atoms with Gasteiger partial charge in [0.2, 0.25) is 5.91 Å². The van der Waals surface area contributed by atoms with Crippen molar-refractivity contribution in [1.82, 2.24) is 9.97 Å². The lowest BCUT2D eigenvalue weighted by atomic mass is 9.86. The van der Waals surface area contributed by atoms with Gasteiger partial charge in [-0.15, -0.1) is 0 Å². The van der Waals surface area contributed by atoms with Gasteiger partial charge in [-0.1, -0.05) is 46.0 Å². The lowest BCUT2D eigenvalue weighted by Gasteiger charge is -2.22. The molecule has 2 aromatic rings. The van der Waals surface area contributed by atoms with Crippen molar-refractivity contribution < 1.29 is 9.53 Å². The van der Waals surface area contributed by atoms with Crippen LogP contribution in [0.25, 0.3) is 11.3 Å². The van der Waals surface area contributed by atoms with Crippen LogP contribution >= 0.6 is 0 Å². The summed E-state index contributed by atoms with van der Waals surface area (Å²) in [6.07, 6.45) is 9.46. The Balaban J connectivity index is 1.86. The number of carbonyl (C=O) groups excluding carboxylic acids is 1. The molecule has 1 amide bonds. The number of ether oxygens (including phenoxy) is 1. The van der Waals surface area contributed by atoms with Crippen LogP contribution < -0.4 is 10.1 Å². The highest BCUT2D eigenvalue weighted by Gasteiger charge is 2.19. The van der Waals surface area contributed by atoms with E-state index in [4.69, 9.17) is 9.72 Å². The molecule has 0 saturated heterocycles. The van der Waals surface area contributed by atoms with Crippen molar-refractivity contribution in [2.24, 2.45) is 11.8 Å². The second-order valence-corrected chi connectivity index (χ2v) is 8.13. The molecule has 0 aliphatic heterocycles. The summed E-state index contributed by atoms with van der Waals surface area (Å²) < 4.78 is 5.24. The van der Waals surface area contributed by atoms with E-state index in [1.807, 2.05) is 38.1 Å². The van der Waals surface area contributed by atoms with E-state index in [0.717, 1.165) is 29.1 Å². The number of benzene rings is 1. The summed E-state index contributed by atoms with van der Waals surface area (Å²) in [4.78, 5) is 21.8. The van der Waals surface area contributed by atoms with Crippen LogP contribution in [0.1, 0.15) is 58.1 Å². The van der Waals surface area contributed by atoms with E-state index in [1.54, 1.807) is 13.3 Å². The summed E-state index contributed by atoms with van der Waals surface area (Å²) in [5.41, 5.74) is 2.73. The summed E-state index contributed by atoms with van der Waals surface area (Å²) in [7, 11) is 1.66. The van der Waals surface area contributed by atoms with Crippen LogP contribution in [-0.2, 0) is 11.2 Å². The average Bonchev–Trinajstić information content (AvgIpc) is 2.69. The van der Waals surface area contributed by atoms with Crippen LogP contribution in [0, 0.1) is 11.8 Å². The minimum atomic E-state index is 0.00592. The van der Waals surface area contributed by atoms with Crippen LogP contribution in [0.4, 0.5) is 5.82 Å². The van der Waals surface area contributed by atoms with Crippen molar-refractivity contribution in [2.45, 2.75) is 58.8 Å². The van der Waals surface area contributed by atoms with Gasteiger partial charge in [-0.25, -0.2) is 9.97 Å². The van der Waals surface area contributed by atoms with E-state index in [9.17, 15) is 4.79 Å². The first-order valence-corrected chi connectivity index (χ1v) is 10.4. The van der Waals surface area contributed by atoms with Gasteiger partial charge >= 0.3 is 0 Å². The number of hydrogen-bond acceptors (Lipinski definition) is 4. The third-order valence-electron chi connectivity index (χ3n) is 5.29. The van der Waals surface area contributed by atoms with Crippen molar-refractivity contribution in [3.63, 3.8) is 0 Å². The zero-order valence-electron chi connectivity index (χ0n) is 17.2. The second kappa shape index (κ2) is 9.67. The molecule has 1 aromatic carbocycles. The van der Waals surface area contributed by atoms with E-state index < -0.39 is 0 Å². The Bertz CT molecular complexity index is 781. The van der Waals surface area contributed by atoms with Crippen LogP contribution in [0.15, 0.2) is 30.5 Å². The second-order valence-electron chi connectivity index (χ2n) is 8.13. The molecule has 3 rings (SSSR count). The van der Waals surface area contributed by atoms with E-state index in [2.05, 4.69) is 10.3 Å². The predicted molar refractivity (Wildman–Crippen MR) is 112 cm³/mol. The molecule has 28 heavy (non-hydrogen) atoms. The number of rotatable bonds is 7. The van der Waals surface area contributed by atoms with Gasteiger partial charge in [-0.3, -0.25) is 4.79 Å². The van der Waals surface area contributed by atoms with Crippen molar-refractivity contribution in [2.75, 3.05) is 12.4 Å². The molecule has 1 saturated carbocycles. The van der Waals surface area contributed by atoms with Crippen molar-refractivity contribution in [3.8, 4) is 17.0 Å². The smallest absolute Gasteiger partial charge is 0.225 e. The SMILES string of the molecule is COc1ccc(-c2cnc(NC(=O)CC(C)C)c(CC3CCCCC3)n2)cc1. The van der Waals surface area contributed by atoms with Gasteiger partial charge in [0.15, 0.2) is 5.82 Å². The van der Waals surface area contributed by atoms with Gasteiger partial charge in [0.05, 0.1) is 24.7 Å². The molecule has 1 aliphatic carbocycles. The largest absolute Gasteiger partial charge is 0.497 e. The molecule has 0 atom stereocenters. The maximum atomic E-state index is 12.3. The van der Waals surface area contributed by atoms with E-state index in [1.165, 1.54) is 32.1 Å². The highest BCUT2D eigenvalue weighted by Crippen LogP contribution is 2.29. The van der Waals surface area contributed by atoms with Gasteiger partial charge < -0.3 is 10.1 Å². The Morgan fingerprint density at radius 2 is 1.89 bits per heavy atom. The number of carbonyl (C=O) groups is 1. The molecule has 1 N–H and O–H groups in total. The van der Waals surface area contributed by atoms with Crippen LogP contribution in [0.5, 0.6) is 5.75 Å². The molecule has 0 bridgehead atoms. The van der Waals surface area contributed by atoms with Gasteiger partial charge in [-0.2, -0.15) is 0 Å². The Labute approximate surface area is 167 Å². The van der Waals surface area contributed by atoms with Crippen LogP contribution in [-0.4, -0.2) is 23.0 Å². The number of nitrogens with one attached hydrogen (secondary N) is 1. The minimum absolute atomic E-state index is 0.00592. The third kappa shape index (κ3) is 5.54. The molecule has 0 spiro atoms. The molecule has 1 aromatic heterocycles. The highest BCUT2D eigenvalue weighted by atomic mass is 16.5. The number of hydrogen-bond donors (Lipinski definition) is 1. The topological polar surface area (TPSA) is 64.1 Å². The molecule has 0 unspecified atom stereocenters. The van der Waals surface area contributed by atoms with Gasteiger partial charge in [0, 0.05) is 12.0 Å². The first kappa shape index (κ1) is 20.3. The monoisotopic (exact) mass is 381 g/mol. The van der Waals surface area contributed by atoms with Crippen molar-refractivity contribution in [3.05, 3.63) is 36.2 Å². The lowest BCUT2D eigenvalue weighted by molar-refractivity contribution is -0.116. The third-order valence-corrected chi connectivity index (χ3v) is 5.29. The molecule has 1 aliphatic rings. The Kier molecular flexibility index (Phi) is 7.01. The number of aromatic nitrogens is 2. The Morgan fingerprint density at radius 3 is 2.54 bits per heavy atom. The summed E-state index contributed by atoms with van der Waals surface area (Å²) in [5.74, 6) is 2.37. The Hall–Kier alpha value is -2.43. The quantitative estimate of drug-likeness (QED) is 0.710. The Morgan fingerprint density at radius 1 is 1.18 bits per heavy atom. The fourth-order valence-corrected chi connectivity index (χ4v) is 3.79. The van der Waals surface area contributed by atoms with Crippen LogP contribution in [0.2, 0.25) is 0 Å². The standard InChI is InChI=1S/C23H31N3O2/c1-16(2)13-22(27)26-23-20(14-17-7-5-4-6-8-17)25-21(15-24-23)18-9-11-19(28-3)12-10-18/h9-12,15-17H,4-8,13-14H2,1-3H3,(H,24,26,27). The molecule has 0 radical (unpaired) electrons. The van der Waals surface area contributed by atoms with E-state index in [0.29, 0.717) is 24.1 Å². The summed E-state index contributed by atoms with van der Waals surface area (Å²) in [6, 6.07) is 7.83. The number of anilines is 1. The summed E-state index contributed by atoms with van der Waals surface area (Å²) in [6.45, 7) is 4.09. The molecule has 1 fully saturated rings. The zero-order valence-corrected chi connectivity index (χ0v) is 17.2. The van der Waals surface area contributed by atoms with Gasteiger partial charge in [0.25, 0.3) is 0 Å². The van der Waals surface area contributed by atoms with E-state index in [-0.39, 0.29) is 5.91 Å². The summed E-state index contributed by atoms with van der Waals surface area (Å²) >= 11 is 0. The fraction of sp³-hybridized carbons (Fsp3) is 0.522. The van der Waals surface area contributed by atoms with Crippen molar-refractivity contribution in [1.29, 1.82) is 0 Å². The molecule has 5 nitrogen and oxygen atoms in total. The maximum Gasteiger partial charge on any atom is 0.225 e. The predicted octanol–water partition coefficient (Wildman–Crippen LogP) is 5.26. The fourth-order valence-electron chi connectivity index (χ4n) is 3.79. The lowest BCUT2D eigenvalue weighted by Crippen LogP contribution is -2.19. The molecule has 1 heterocycles. The zero-order chi connectivity index (χ0) is 19.9. The first-order chi connectivity index (χ1) is 13.5. The minimum Gasteiger partial charge on any atom is -0.497 e. The maximum absolute atomic E-state index is 12.3. The van der Waals surface area contributed by atoms with Crippen LogP contribution in [0.3, 0.4) is 0 Å². The molecule has 5 heteroatoms. The van der Waals surface area contributed by atoms with Gasteiger partial charge in [0.1, 0.15) is 5.75 Å². The first-order valence-electron chi connectivity index (χ1n) is 10.4. The number of nitrogens with zero attached hydrogens (tertiary/aromatic N) is 2. The number of amides is 1. The number of methoxy groups -OCH3 is 1. The van der Waals surface area contributed by atoms with E-state index >= 15 is 0 Å².